The molecule has 1 amide bonds. The van der Waals surface area contributed by atoms with Gasteiger partial charge in [0.05, 0.1) is 0 Å². The Bertz CT molecular complexity index is 566. The van der Waals surface area contributed by atoms with Crippen LogP contribution in [-0.4, -0.2) is 16.4 Å². The molecule has 1 heterocycles. The molecule has 88 valence electrons. The lowest BCUT2D eigenvalue weighted by Gasteiger charge is -2.02. The van der Waals surface area contributed by atoms with Gasteiger partial charge in [-0.15, -0.1) is 0 Å². The van der Waals surface area contributed by atoms with Gasteiger partial charge in [0.2, 0.25) is 0 Å². The Morgan fingerprint density at radius 2 is 2.29 bits per heavy atom. The lowest BCUT2D eigenvalue weighted by Crippen LogP contribution is -2.08. The van der Waals surface area contributed by atoms with E-state index in [4.69, 9.17) is 21.2 Å². The van der Waals surface area contributed by atoms with Crippen molar-refractivity contribution < 1.29 is 14.4 Å². The van der Waals surface area contributed by atoms with Crippen molar-refractivity contribution in [2.24, 2.45) is 0 Å². The number of carbonyl (C=O) groups is 1. The summed E-state index contributed by atoms with van der Waals surface area (Å²) >= 11 is 5.86. The first-order valence-electron chi connectivity index (χ1n) is 4.80. The molecule has 0 saturated carbocycles. The van der Waals surface area contributed by atoms with E-state index in [1.807, 2.05) is 0 Å². The smallest absolute Gasteiger partial charge is 0.409 e. The average Bonchev–Trinajstić information content (AvgIpc) is 2.60. The Hall–Kier alpha value is -2.01. The minimum atomic E-state index is -1.17. The van der Waals surface area contributed by atoms with Gasteiger partial charge in [0, 0.05) is 10.6 Å². The number of aromatic nitrogens is 1. The number of rotatable bonds is 2. The molecule has 17 heavy (non-hydrogen) atoms. The lowest BCUT2D eigenvalue weighted by atomic mass is 10.1. The van der Waals surface area contributed by atoms with Gasteiger partial charge in [-0.3, -0.25) is 5.32 Å². The van der Waals surface area contributed by atoms with Crippen LogP contribution in [0, 0.1) is 6.92 Å². The molecule has 0 atom stereocenters. The zero-order chi connectivity index (χ0) is 12.4. The first kappa shape index (κ1) is 11.5. The molecule has 6 heteroatoms. The Morgan fingerprint density at radius 3 is 2.94 bits per heavy atom. The second kappa shape index (κ2) is 4.47. The van der Waals surface area contributed by atoms with Gasteiger partial charge in [-0.25, -0.2) is 4.79 Å². The summed E-state index contributed by atoms with van der Waals surface area (Å²) in [5.41, 5.74) is 1.48. The maximum absolute atomic E-state index is 10.7. The highest BCUT2D eigenvalue weighted by molar-refractivity contribution is 6.30. The van der Waals surface area contributed by atoms with E-state index in [2.05, 4.69) is 10.5 Å². The molecule has 1 aromatic carbocycles. The molecular weight excluding hydrogens is 244 g/mol. The van der Waals surface area contributed by atoms with Gasteiger partial charge < -0.3 is 9.63 Å². The fourth-order valence-electron chi connectivity index (χ4n) is 1.45. The molecule has 0 fully saturated rings. The van der Waals surface area contributed by atoms with Crippen molar-refractivity contribution in [1.29, 1.82) is 0 Å². The van der Waals surface area contributed by atoms with Gasteiger partial charge in [0.25, 0.3) is 0 Å². The van der Waals surface area contributed by atoms with E-state index >= 15 is 0 Å². The van der Waals surface area contributed by atoms with Gasteiger partial charge in [0.1, 0.15) is 11.4 Å². The molecule has 0 aliphatic heterocycles. The molecule has 0 aliphatic rings. The lowest BCUT2D eigenvalue weighted by molar-refractivity contribution is 0.209. The fraction of sp³-hybridized carbons (Fsp3) is 0.0909. The van der Waals surface area contributed by atoms with Crippen molar-refractivity contribution in [3.8, 4) is 11.3 Å². The maximum atomic E-state index is 10.7. The number of nitrogens with one attached hydrogen (secondary N) is 1. The Kier molecular flexibility index (Phi) is 3.01. The first-order chi connectivity index (χ1) is 8.08. The summed E-state index contributed by atoms with van der Waals surface area (Å²) in [6.45, 7) is 1.66. The minimum Gasteiger partial charge on any atom is -0.465 e. The summed E-state index contributed by atoms with van der Waals surface area (Å²) in [5.74, 6) is 0.354. The van der Waals surface area contributed by atoms with Crippen molar-refractivity contribution >= 4 is 23.4 Å². The van der Waals surface area contributed by atoms with Crippen LogP contribution in [0.2, 0.25) is 5.02 Å². The van der Waals surface area contributed by atoms with Gasteiger partial charge in [0.15, 0.2) is 5.76 Å². The number of nitrogens with zero attached hydrogens (tertiary/aromatic N) is 1. The van der Waals surface area contributed by atoms with Crippen LogP contribution in [0.5, 0.6) is 0 Å². The zero-order valence-electron chi connectivity index (χ0n) is 8.90. The van der Waals surface area contributed by atoms with Gasteiger partial charge in [-0.2, -0.15) is 0 Å². The second-order valence-corrected chi connectivity index (χ2v) is 3.85. The summed E-state index contributed by atoms with van der Waals surface area (Å²) < 4.78 is 5.10. The van der Waals surface area contributed by atoms with Crippen LogP contribution < -0.4 is 5.32 Å². The predicted molar refractivity (Wildman–Crippen MR) is 63.3 cm³/mol. The molecule has 2 rings (SSSR count). The highest BCUT2D eigenvalue weighted by Crippen LogP contribution is 2.31. The van der Waals surface area contributed by atoms with E-state index in [9.17, 15) is 4.79 Å². The summed E-state index contributed by atoms with van der Waals surface area (Å²) in [7, 11) is 0. The molecule has 2 N–H and O–H groups in total. The number of aryl methyl sites for hydroxylation is 1. The second-order valence-electron chi connectivity index (χ2n) is 3.41. The van der Waals surface area contributed by atoms with Crippen molar-refractivity contribution in [2.45, 2.75) is 6.92 Å². The molecule has 0 bridgehead atoms. The van der Waals surface area contributed by atoms with Gasteiger partial charge in [-0.05, 0) is 19.1 Å². The largest absolute Gasteiger partial charge is 0.465 e. The molecule has 0 unspecified atom stereocenters. The van der Waals surface area contributed by atoms with Gasteiger partial charge in [-0.1, -0.05) is 28.9 Å². The van der Waals surface area contributed by atoms with Crippen molar-refractivity contribution in [2.75, 3.05) is 5.32 Å². The third-order valence-electron chi connectivity index (χ3n) is 2.18. The number of halogens is 1. The third kappa shape index (κ3) is 2.39. The molecule has 0 spiro atoms. The first-order valence-corrected chi connectivity index (χ1v) is 5.18. The van der Waals surface area contributed by atoms with E-state index < -0.39 is 6.09 Å². The van der Waals surface area contributed by atoms with Gasteiger partial charge >= 0.3 is 6.09 Å². The Morgan fingerprint density at radius 1 is 1.53 bits per heavy atom. The van der Waals surface area contributed by atoms with Crippen LogP contribution in [0.3, 0.4) is 0 Å². The van der Waals surface area contributed by atoms with Crippen LogP contribution in [0.4, 0.5) is 10.5 Å². The summed E-state index contributed by atoms with van der Waals surface area (Å²) in [6.07, 6.45) is -1.17. The summed E-state index contributed by atoms with van der Waals surface area (Å²) in [5, 5.41) is 15.3. The predicted octanol–water partition coefficient (Wildman–Crippen LogP) is 3.39. The molecule has 0 saturated heterocycles. The highest BCUT2D eigenvalue weighted by Gasteiger charge is 2.16. The topological polar surface area (TPSA) is 75.4 Å². The van der Waals surface area contributed by atoms with Crippen molar-refractivity contribution in [1.82, 2.24) is 5.16 Å². The maximum Gasteiger partial charge on any atom is 0.409 e. The van der Waals surface area contributed by atoms with Crippen molar-refractivity contribution in [3.63, 3.8) is 0 Å². The molecule has 0 radical (unpaired) electrons. The highest BCUT2D eigenvalue weighted by atomic mass is 35.5. The fourth-order valence-corrected chi connectivity index (χ4v) is 1.64. The number of amides is 1. The summed E-state index contributed by atoms with van der Waals surface area (Å²) in [4.78, 5) is 10.7. The van der Waals surface area contributed by atoms with E-state index in [-0.39, 0.29) is 0 Å². The van der Waals surface area contributed by atoms with Crippen LogP contribution in [0.1, 0.15) is 5.69 Å². The average molecular weight is 253 g/mol. The van der Waals surface area contributed by atoms with E-state index in [0.717, 1.165) is 0 Å². The van der Waals surface area contributed by atoms with Crippen molar-refractivity contribution in [3.05, 3.63) is 35.0 Å². The van der Waals surface area contributed by atoms with Crippen LogP contribution in [-0.2, 0) is 0 Å². The number of anilines is 1. The van der Waals surface area contributed by atoms with Crippen LogP contribution >= 0.6 is 11.6 Å². The molecule has 0 aliphatic carbocycles. The van der Waals surface area contributed by atoms with E-state index in [0.29, 0.717) is 27.7 Å². The third-order valence-corrected chi connectivity index (χ3v) is 2.42. The minimum absolute atomic E-state index is 0.333. The summed E-state index contributed by atoms with van der Waals surface area (Å²) in [6, 6.07) is 6.91. The number of hydrogen-bond donors (Lipinski definition) is 2. The van der Waals surface area contributed by atoms with Crippen LogP contribution in [0.15, 0.2) is 28.8 Å². The van der Waals surface area contributed by atoms with E-state index in [1.165, 1.54) is 0 Å². The van der Waals surface area contributed by atoms with Crippen LogP contribution in [0.25, 0.3) is 11.3 Å². The molecule has 5 nitrogen and oxygen atoms in total. The SMILES string of the molecule is Cc1noc(-c2cccc(Cl)c2)c1NC(=O)O. The monoisotopic (exact) mass is 252 g/mol. The zero-order valence-corrected chi connectivity index (χ0v) is 9.65. The molecule has 1 aromatic heterocycles. The Balaban J connectivity index is 2.48. The molecule has 2 aromatic rings. The number of benzene rings is 1. The standard InChI is InChI=1S/C11H9ClN2O3/c1-6-9(13-11(15)16)10(17-14-6)7-3-2-4-8(12)5-7/h2-5,13H,1H3,(H,15,16). The quantitative estimate of drug-likeness (QED) is 0.859. The normalized spacial score (nSPS) is 10.2. The number of carboxylic acid groups (broad SMARTS) is 1. The number of hydrogen-bond acceptors (Lipinski definition) is 3. The van der Waals surface area contributed by atoms with E-state index in [1.54, 1.807) is 31.2 Å². The molecular formula is C11H9ClN2O3. The Labute approximate surface area is 102 Å².